The Morgan fingerprint density at radius 3 is 2.43 bits per heavy atom. The van der Waals surface area contributed by atoms with Gasteiger partial charge in [0, 0.05) is 31.8 Å². The van der Waals surface area contributed by atoms with Gasteiger partial charge in [-0.25, -0.2) is 23.3 Å². The van der Waals surface area contributed by atoms with Crippen LogP contribution in [0.25, 0.3) is 0 Å². The standard InChI is InChI=1S/C30H35F2N5O6.ClH/c1-18(38)34-22-6-3-5-20(15-22)19-9-13-36(14-10-19)12-4-11-33-29(41)37-27(21-7-8-23(31)24(32)16-21)26(28(39)40)25(17-43-2)35-30(37)42;/h3,5-8,15-16,19,27H,4,9-14,17H2,1-2H3,(H,33,41)(H,34,38)(H,35,42)(H,39,40);1H/p-1/t27-;/m0./s1. The SMILES string of the molecule is COCC1=C(C(=O)[O-])[C@H](c2ccc(F)c(F)c2)N(C(=O)NCCCN2CCC(c3cccc(NC(C)=O)c3)CC2)C(=O)N1.Cl. The van der Waals surface area contributed by atoms with Crippen molar-refractivity contribution in [2.24, 2.45) is 0 Å². The number of nitrogens with one attached hydrogen (secondary N) is 3. The molecule has 11 nitrogen and oxygen atoms in total. The molecule has 2 aromatic carbocycles. The lowest BCUT2D eigenvalue weighted by Gasteiger charge is -2.38. The molecule has 0 spiro atoms. The van der Waals surface area contributed by atoms with Crippen LogP contribution < -0.4 is 21.1 Å². The maximum Gasteiger partial charge on any atom is 0.330 e. The predicted molar refractivity (Wildman–Crippen MR) is 158 cm³/mol. The van der Waals surface area contributed by atoms with Gasteiger partial charge in [0.25, 0.3) is 0 Å². The summed E-state index contributed by atoms with van der Waals surface area (Å²) in [6.07, 6.45) is 2.42. The van der Waals surface area contributed by atoms with Crippen molar-refractivity contribution in [2.45, 2.75) is 38.1 Å². The molecule has 2 aliphatic rings. The molecule has 4 rings (SSSR count). The smallest absolute Gasteiger partial charge is 0.330 e. The number of urea groups is 2. The quantitative estimate of drug-likeness (QED) is 0.341. The number of ether oxygens (including phenoxy) is 1. The first-order valence-corrected chi connectivity index (χ1v) is 13.9. The lowest BCUT2D eigenvalue weighted by Crippen LogP contribution is -2.56. The van der Waals surface area contributed by atoms with Crippen LogP contribution in [0.1, 0.15) is 49.3 Å². The number of benzene rings is 2. The number of aliphatic carboxylic acids is 1. The molecule has 1 saturated heterocycles. The molecule has 5 amide bonds. The van der Waals surface area contributed by atoms with E-state index in [1.165, 1.54) is 19.6 Å². The Balaban J connectivity index is 0.00000529. The summed E-state index contributed by atoms with van der Waals surface area (Å²) in [5.74, 6) is -3.89. The minimum absolute atomic E-state index is 0. The normalized spacial score (nSPS) is 17.5. The van der Waals surface area contributed by atoms with E-state index in [0.717, 1.165) is 49.8 Å². The second-order valence-electron chi connectivity index (χ2n) is 10.5. The summed E-state index contributed by atoms with van der Waals surface area (Å²) in [6, 6.07) is 7.05. The van der Waals surface area contributed by atoms with Gasteiger partial charge < -0.3 is 35.5 Å². The first-order chi connectivity index (χ1) is 20.6. The van der Waals surface area contributed by atoms with Crippen molar-refractivity contribution in [1.82, 2.24) is 20.4 Å². The van der Waals surface area contributed by atoms with Gasteiger partial charge in [0.05, 0.1) is 24.3 Å². The summed E-state index contributed by atoms with van der Waals surface area (Å²) < 4.78 is 32.8. The maximum atomic E-state index is 14.1. The van der Waals surface area contributed by atoms with Crippen molar-refractivity contribution in [3.8, 4) is 0 Å². The number of anilines is 1. The van der Waals surface area contributed by atoms with E-state index in [0.29, 0.717) is 23.8 Å². The third-order valence-electron chi connectivity index (χ3n) is 7.51. The number of rotatable bonds is 10. The third-order valence-corrected chi connectivity index (χ3v) is 7.51. The number of hydrogen-bond donors (Lipinski definition) is 3. The number of carbonyl (C=O) groups excluding carboxylic acids is 4. The highest BCUT2D eigenvalue weighted by Gasteiger charge is 2.40. The lowest BCUT2D eigenvalue weighted by atomic mass is 9.89. The zero-order valence-corrected chi connectivity index (χ0v) is 25.2. The number of amides is 5. The maximum absolute atomic E-state index is 14.1. The summed E-state index contributed by atoms with van der Waals surface area (Å²) >= 11 is 0. The highest BCUT2D eigenvalue weighted by atomic mass is 35.5. The average Bonchev–Trinajstić information content (AvgIpc) is 2.96. The van der Waals surface area contributed by atoms with Crippen molar-refractivity contribution < 1.29 is 37.8 Å². The summed E-state index contributed by atoms with van der Waals surface area (Å²) in [6.45, 7) is 3.71. The van der Waals surface area contributed by atoms with Gasteiger partial charge in [-0.1, -0.05) is 18.2 Å². The van der Waals surface area contributed by atoms with E-state index < -0.39 is 41.3 Å². The zero-order chi connectivity index (χ0) is 31.1. The number of halogens is 3. The van der Waals surface area contributed by atoms with Gasteiger partial charge in [0.15, 0.2) is 11.6 Å². The Bertz CT molecular complexity index is 1420. The molecule has 3 N–H and O–H groups in total. The Hall–Kier alpha value is -4.07. The number of likely N-dealkylation sites (tertiary alicyclic amines) is 1. The van der Waals surface area contributed by atoms with Crippen LogP contribution in [0.15, 0.2) is 53.7 Å². The molecule has 0 saturated carbocycles. The molecule has 2 aliphatic heterocycles. The molecule has 0 bridgehead atoms. The third kappa shape index (κ3) is 8.30. The number of carbonyl (C=O) groups is 4. The molecule has 1 atom stereocenters. The first-order valence-electron chi connectivity index (χ1n) is 13.9. The number of piperidine rings is 1. The molecule has 1 fully saturated rings. The molecular weight excluding hydrogens is 600 g/mol. The number of carboxylic acids is 1. The molecule has 2 heterocycles. The number of nitrogens with zero attached hydrogens (tertiary/aromatic N) is 2. The van der Waals surface area contributed by atoms with Crippen LogP contribution in [0.3, 0.4) is 0 Å². The summed E-state index contributed by atoms with van der Waals surface area (Å²) in [4.78, 5) is 52.6. The topological polar surface area (TPSA) is 143 Å². The van der Waals surface area contributed by atoms with Gasteiger partial charge in [-0.2, -0.15) is 0 Å². The number of hydrogen-bond acceptors (Lipinski definition) is 7. The Labute approximate surface area is 260 Å². The van der Waals surface area contributed by atoms with E-state index in [1.807, 2.05) is 18.2 Å². The summed E-state index contributed by atoms with van der Waals surface area (Å²) in [5.41, 5.74) is 1.16. The van der Waals surface area contributed by atoms with Crippen molar-refractivity contribution >= 4 is 42.0 Å². The van der Waals surface area contributed by atoms with Crippen LogP contribution in [0, 0.1) is 11.6 Å². The van der Waals surface area contributed by atoms with Crippen molar-refractivity contribution in [1.29, 1.82) is 0 Å². The Morgan fingerprint density at radius 2 is 1.80 bits per heavy atom. The second-order valence-corrected chi connectivity index (χ2v) is 10.5. The van der Waals surface area contributed by atoms with Crippen LogP contribution in [0.2, 0.25) is 0 Å². The van der Waals surface area contributed by atoms with Gasteiger partial charge in [-0.05, 0) is 80.2 Å². The Kier molecular flexibility index (Phi) is 12.2. The minimum Gasteiger partial charge on any atom is -0.545 e. The fraction of sp³-hybridized carbons (Fsp3) is 0.400. The van der Waals surface area contributed by atoms with E-state index in [-0.39, 0.29) is 42.7 Å². The van der Waals surface area contributed by atoms with E-state index in [1.54, 1.807) is 0 Å². The molecule has 0 aliphatic carbocycles. The molecular formula is C30H35ClF2N5O6-. The average molecular weight is 635 g/mol. The summed E-state index contributed by atoms with van der Waals surface area (Å²) in [7, 11) is 1.28. The largest absolute Gasteiger partial charge is 0.545 e. The monoisotopic (exact) mass is 634 g/mol. The molecule has 0 unspecified atom stereocenters. The fourth-order valence-electron chi connectivity index (χ4n) is 5.52. The predicted octanol–water partition coefficient (Wildman–Crippen LogP) is 3.04. The number of carboxylic acid groups (broad SMARTS) is 1. The molecule has 2 aromatic rings. The molecule has 0 aromatic heterocycles. The van der Waals surface area contributed by atoms with Gasteiger partial charge in [0.2, 0.25) is 5.91 Å². The van der Waals surface area contributed by atoms with Crippen LogP contribution in [0.5, 0.6) is 0 Å². The van der Waals surface area contributed by atoms with Crippen molar-refractivity contribution in [3.63, 3.8) is 0 Å². The van der Waals surface area contributed by atoms with E-state index in [4.69, 9.17) is 4.74 Å². The van der Waals surface area contributed by atoms with E-state index in [2.05, 4.69) is 26.9 Å². The van der Waals surface area contributed by atoms with Gasteiger partial charge in [-0.15, -0.1) is 12.4 Å². The first kappa shape index (κ1) is 34.4. The fourth-order valence-corrected chi connectivity index (χ4v) is 5.52. The van der Waals surface area contributed by atoms with E-state index >= 15 is 0 Å². The molecule has 14 heteroatoms. The van der Waals surface area contributed by atoms with Crippen molar-refractivity contribution in [3.05, 3.63) is 76.5 Å². The van der Waals surface area contributed by atoms with Crippen LogP contribution in [-0.4, -0.2) is 73.6 Å². The van der Waals surface area contributed by atoms with Crippen LogP contribution in [-0.2, 0) is 14.3 Å². The Morgan fingerprint density at radius 1 is 1.07 bits per heavy atom. The second kappa shape index (κ2) is 15.6. The van der Waals surface area contributed by atoms with Crippen LogP contribution >= 0.6 is 12.4 Å². The zero-order valence-electron chi connectivity index (χ0n) is 24.4. The highest BCUT2D eigenvalue weighted by Crippen LogP contribution is 2.34. The van der Waals surface area contributed by atoms with Crippen LogP contribution in [0.4, 0.5) is 24.1 Å². The van der Waals surface area contributed by atoms with Gasteiger partial charge in [0.1, 0.15) is 0 Å². The highest BCUT2D eigenvalue weighted by molar-refractivity contribution is 6.00. The molecule has 44 heavy (non-hydrogen) atoms. The summed E-state index contributed by atoms with van der Waals surface area (Å²) in [5, 5.41) is 19.9. The van der Waals surface area contributed by atoms with Crippen molar-refractivity contribution in [2.75, 3.05) is 45.2 Å². The molecule has 238 valence electrons. The number of imide groups is 1. The minimum atomic E-state index is -1.70. The van der Waals surface area contributed by atoms with Gasteiger partial charge >= 0.3 is 12.1 Å². The van der Waals surface area contributed by atoms with Gasteiger partial charge in [-0.3, -0.25) is 4.79 Å². The number of methoxy groups -OCH3 is 1. The van der Waals surface area contributed by atoms with E-state index in [9.17, 15) is 33.1 Å². The molecule has 0 radical (unpaired) electrons. The lowest BCUT2D eigenvalue weighted by molar-refractivity contribution is -0.300.